The molecular weight excluding hydrogens is 142 g/mol. The summed E-state index contributed by atoms with van der Waals surface area (Å²) in [7, 11) is 1.84. The molecule has 5 nitrogen and oxygen atoms in total. The molecule has 55 valence electrons. The topological polar surface area (TPSA) is 69.6 Å². The zero-order chi connectivity index (χ0) is 7.84. The van der Waals surface area contributed by atoms with Crippen molar-refractivity contribution in [1.82, 2.24) is 19.5 Å². The average molecular weight is 148 g/mol. The van der Waals surface area contributed by atoms with Crippen molar-refractivity contribution in [3.05, 3.63) is 12.7 Å². The van der Waals surface area contributed by atoms with Gasteiger partial charge in [-0.3, -0.25) is 0 Å². The first-order valence-electron chi connectivity index (χ1n) is 3.09. The monoisotopic (exact) mass is 148 g/mol. The van der Waals surface area contributed by atoms with E-state index < -0.39 is 0 Å². The van der Waals surface area contributed by atoms with Crippen LogP contribution in [0.1, 0.15) is 0 Å². The first kappa shape index (κ1) is 6.09. The van der Waals surface area contributed by atoms with Crippen LogP contribution in [0.15, 0.2) is 6.33 Å². The Hall–Kier alpha value is -1.65. The Bertz CT molecular complexity index is 391. The van der Waals surface area contributed by atoms with Crippen LogP contribution in [-0.4, -0.2) is 19.5 Å². The minimum absolute atomic E-state index is 0.412. The van der Waals surface area contributed by atoms with E-state index in [-0.39, 0.29) is 0 Å². The predicted octanol–water partition coefficient (Wildman–Crippen LogP) is -0.254. The summed E-state index contributed by atoms with van der Waals surface area (Å²) in [5.74, 6) is 0.412. The largest absolute Gasteiger partial charge is 0.382 e. The zero-order valence-corrected chi connectivity index (χ0v) is 5.94. The third-order valence-electron chi connectivity index (χ3n) is 1.49. The number of anilines is 1. The fourth-order valence-electron chi connectivity index (χ4n) is 0.974. The minimum atomic E-state index is 0.412. The average Bonchev–Trinajstić information content (AvgIpc) is 2.34. The molecule has 0 unspecified atom stereocenters. The summed E-state index contributed by atoms with van der Waals surface area (Å²) in [6, 6.07) is 0. The van der Waals surface area contributed by atoms with Gasteiger partial charge in [-0.1, -0.05) is 0 Å². The van der Waals surface area contributed by atoms with Crippen molar-refractivity contribution in [2.45, 2.75) is 0 Å². The van der Waals surface area contributed by atoms with Gasteiger partial charge < -0.3 is 10.3 Å². The SMILES string of the molecule is Cn1cnc2n[c]nc(N)c21. The van der Waals surface area contributed by atoms with Crippen molar-refractivity contribution >= 4 is 17.0 Å². The number of fused-ring (bicyclic) bond motifs is 1. The Morgan fingerprint density at radius 1 is 1.55 bits per heavy atom. The second kappa shape index (κ2) is 1.91. The van der Waals surface area contributed by atoms with Crippen LogP contribution >= 0.6 is 0 Å². The Kier molecular flexibility index (Phi) is 1.06. The first-order valence-corrected chi connectivity index (χ1v) is 3.09. The van der Waals surface area contributed by atoms with E-state index in [0.717, 1.165) is 5.52 Å². The van der Waals surface area contributed by atoms with Crippen LogP contribution in [0, 0.1) is 6.33 Å². The van der Waals surface area contributed by atoms with E-state index in [2.05, 4.69) is 21.3 Å². The van der Waals surface area contributed by atoms with Crippen molar-refractivity contribution in [1.29, 1.82) is 0 Å². The highest BCUT2D eigenvalue weighted by Gasteiger charge is 2.03. The van der Waals surface area contributed by atoms with Gasteiger partial charge in [-0.25, -0.2) is 15.0 Å². The van der Waals surface area contributed by atoms with Gasteiger partial charge in [0.25, 0.3) is 0 Å². The number of hydrogen-bond acceptors (Lipinski definition) is 4. The second-order valence-electron chi connectivity index (χ2n) is 2.24. The van der Waals surface area contributed by atoms with Gasteiger partial charge in [-0.2, -0.15) is 0 Å². The molecule has 5 heteroatoms. The maximum Gasteiger partial charge on any atom is 0.202 e. The lowest BCUT2D eigenvalue weighted by molar-refractivity contribution is 0.946. The van der Waals surface area contributed by atoms with Crippen LogP contribution in [0.5, 0.6) is 0 Å². The van der Waals surface area contributed by atoms with Gasteiger partial charge in [-0.05, 0) is 0 Å². The van der Waals surface area contributed by atoms with Crippen molar-refractivity contribution < 1.29 is 0 Å². The predicted molar refractivity (Wildman–Crippen MR) is 39.6 cm³/mol. The van der Waals surface area contributed by atoms with Gasteiger partial charge in [0.05, 0.1) is 6.33 Å². The molecule has 2 aromatic heterocycles. The Labute approximate surface area is 62.9 Å². The molecule has 0 saturated heterocycles. The quantitative estimate of drug-likeness (QED) is 0.559. The normalized spacial score (nSPS) is 10.6. The van der Waals surface area contributed by atoms with Crippen molar-refractivity contribution in [2.75, 3.05) is 5.73 Å². The minimum Gasteiger partial charge on any atom is -0.382 e. The van der Waals surface area contributed by atoms with Crippen molar-refractivity contribution in [3.8, 4) is 0 Å². The molecule has 0 spiro atoms. The van der Waals surface area contributed by atoms with E-state index in [9.17, 15) is 0 Å². The van der Waals surface area contributed by atoms with Gasteiger partial charge in [0.1, 0.15) is 5.52 Å². The lowest BCUT2D eigenvalue weighted by Gasteiger charge is -1.94. The van der Waals surface area contributed by atoms with Crippen LogP contribution in [-0.2, 0) is 7.05 Å². The third-order valence-corrected chi connectivity index (χ3v) is 1.49. The van der Waals surface area contributed by atoms with Gasteiger partial charge >= 0.3 is 0 Å². The highest BCUT2D eigenvalue weighted by Crippen LogP contribution is 2.12. The standard InChI is InChI=1S/C6H6N5/c1-11-3-10-6-4(11)5(7)8-2-9-6/h3H,1H3,(H2,7,8,9). The fraction of sp³-hybridized carbons (Fsp3) is 0.167. The zero-order valence-electron chi connectivity index (χ0n) is 5.94. The molecule has 11 heavy (non-hydrogen) atoms. The van der Waals surface area contributed by atoms with E-state index >= 15 is 0 Å². The Balaban J connectivity index is 2.96. The number of nitrogen functional groups attached to an aromatic ring is 1. The van der Waals surface area contributed by atoms with E-state index in [1.54, 1.807) is 10.9 Å². The molecule has 2 heterocycles. The third kappa shape index (κ3) is 0.739. The summed E-state index contributed by atoms with van der Waals surface area (Å²) in [5.41, 5.74) is 6.90. The number of rotatable bonds is 0. The molecule has 0 aliphatic rings. The van der Waals surface area contributed by atoms with Crippen LogP contribution in [0.2, 0.25) is 0 Å². The van der Waals surface area contributed by atoms with Crippen LogP contribution in [0.3, 0.4) is 0 Å². The van der Waals surface area contributed by atoms with Gasteiger partial charge in [-0.15, -0.1) is 0 Å². The molecule has 1 radical (unpaired) electrons. The molecule has 0 aromatic carbocycles. The summed E-state index contributed by atoms with van der Waals surface area (Å²) < 4.78 is 1.78. The fourth-order valence-corrected chi connectivity index (χ4v) is 0.974. The van der Waals surface area contributed by atoms with Crippen LogP contribution in [0.4, 0.5) is 5.82 Å². The summed E-state index contributed by atoms with van der Waals surface area (Å²) in [4.78, 5) is 11.5. The number of nitrogens with zero attached hydrogens (tertiary/aromatic N) is 4. The molecule has 2 aromatic rings. The first-order chi connectivity index (χ1) is 5.29. The molecule has 0 amide bonds. The van der Waals surface area contributed by atoms with Crippen molar-refractivity contribution in [2.24, 2.45) is 7.05 Å². The van der Waals surface area contributed by atoms with Crippen LogP contribution in [0.25, 0.3) is 11.2 Å². The van der Waals surface area contributed by atoms with Crippen molar-refractivity contribution in [3.63, 3.8) is 0 Å². The van der Waals surface area contributed by atoms with Gasteiger partial charge in [0.15, 0.2) is 11.5 Å². The Morgan fingerprint density at radius 3 is 3.09 bits per heavy atom. The molecule has 0 saturated carbocycles. The van der Waals surface area contributed by atoms with E-state index in [0.29, 0.717) is 11.5 Å². The maximum atomic E-state index is 5.56. The smallest absolute Gasteiger partial charge is 0.202 e. The summed E-state index contributed by atoms with van der Waals surface area (Å²) in [6.07, 6.45) is 4.06. The van der Waals surface area contributed by atoms with E-state index in [1.807, 2.05) is 7.05 Å². The molecule has 2 N–H and O–H groups in total. The van der Waals surface area contributed by atoms with Gasteiger partial charge in [0.2, 0.25) is 6.33 Å². The summed E-state index contributed by atoms with van der Waals surface area (Å²) in [6.45, 7) is 0. The van der Waals surface area contributed by atoms with Gasteiger partial charge in [0, 0.05) is 7.05 Å². The highest BCUT2D eigenvalue weighted by molar-refractivity contribution is 5.81. The Morgan fingerprint density at radius 2 is 2.36 bits per heavy atom. The molecule has 0 atom stereocenters. The van der Waals surface area contributed by atoms with Crippen LogP contribution < -0.4 is 5.73 Å². The summed E-state index contributed by atoms with van der Waals surface area (Å²) >= 11 is 0. The molecule has 0 fully saturated rings. The number of aryl methyl sites for hydroxylation is 1. The number of imidazole rings is 1. The second-order valence-corrected chi connectivity index (χ2v) is 2.24. The van der Waals surface area contributed by atoms with E-state index in [4.69, 9.17) is 5.73 Å². The highest BCUT2D eigenvalue weighted by atomic mass is 15.1. The molecule has 0 aliphatic heterocycles. The molecule has 2 rings (SSSR count). The number of hydrogen-bond donors (Lipinski definition) is 1. The lowest BCUT2D eigenvalue weighted by Crippen LogP contribution is -1.96. The molecule has 0 aliphatic carbocycles. The number of nitrogens with two attached hydrogens (primary N) is 1. The van der Waals surface area contributed by atoms with E-state index in [1.165, 1.54) is 0 Å². The molecular formula is C6H6N5. The maximum absolute atomic E-state index is 5.56. The summed E-state index contributed by atoms with van der Waals surface area (Å²) in [5, 5.41) is 0. The number of aromatic nitrogens is 4. The lowest BCUT2D eigenvalue weighted by atomic mass is 10.5. The molecule has 0 bridgehead atoms.